The molecule has 0 heterocycles. The van der Waals surface area contributed by atoms with Crippen molar-refractivity contribution in [3.63, 3.8) is 0 Å². The highest BCUT2D eigenvalue weighted by molar-refractivity contribution is 5.97. The average Bonchev–Trinajstić information content (AvgIpc) is 2.15. The SMILES string of the molecule is Nc1cccc2cccc(OC(F)(F)F)c12. The topological polar surface area (TPSA) is 35.2 Å². The van der Waals surface area contributed by atoms with Gasteiger partial charge in [-0.1, -0.05) is 24.3 Å². The number of alkyl halides is 3. The van der Waals surface area contributed by atoms with Gasteiger partial charge in [-0.3, -0.25) is 0 Å². The van der Waals surface area contributed by atoms with Crippen LogP contribution in [-0.4, -0.2) is 6.36 Å². The smallest absolute Gasteiger partial charge is 0.405 e. The molecule has 0 spiro atoms. The molecule has 2 rings (SSSR count). The Morgan fingerprint density at radius 2 is 1.62 bits per heavy atom. The van der Waals surface area contributed by atoms with Crippen molar-refractivity contribution in [3.8, 4) is 5.75 Å². The van der Waals surface area contributed by atoms with Gasteiger partial charge in [-0.25, -0.2) is 0 Å². The van der Waals surface area contributed by atoms with E-state index in [0.29, 0.717) is 5.39 Å². The summed E-state index contributed by atoms with van der Waals surface area (Å²) in [6.07, 6.45) is -4.71. The Labute approximate surface area is 89.4 Å². The predicted octanol–water partition coefficient (Wildman–Crippen LogP) is 3.32. The van der Waals surface area contributed by atoms with Crippen LogP contribution in [0.3, 0.4) is 0 Å². The van der Waals surface area contributed by atoms with E-state index in [1.165, 1.54) is 18.2 Å². The van der Waals surface area contributed by atoms with Crippen LogP contribution >= 0.6 is 0 Å². The Morgan fingerprint density at radius 1 is 1.00 bits per heavy atom. The lowest BCUT2D eigenvalue weighted by molar-refractivity contribution is -0.274. The van der Waals surface area contributed by atoms with E-state index in [1.54, 1.807) is 18.2 Å². The third-order valence-corrected chi connectivity index (χ3v) is 2.12. The molecule has 0 aromatic heterocycles. The minimum atomic E-state index is -4.71. The van der Waals surface area contributed by atoms with Crippen LogP contribution in [0.2, 0.25) is 0 Å². The van der Waals surface area contributed by atoms with E-state index < -0.39 is 6.36 Å². The molecular formula is C11H8F3NO. The summed E-state index contributed by atoms with van der Waals surface area (Å²) >= 11 is 0. The van der Waals surface area contributed by atoms with Gasteiger partial charge >= 0.3 is 6.36 Å². The molecule has 2 aromatic carbocycles. The molecule has 0 radical (unpaired) electrons. The number of benzene rings is 2. The summed E-state index contributed by atoms with van der Waals surface area (Å²) in [5, 5.41) is 0.893. The summed E-state index contributed by atoms with van der Waals surface area (Å²) in [5.74, 6) is -0.275. The summed E-state index contributed by atoms with van der Waals surface area (Å²) in [4.78, 5) is 0. The van der Waals surface area contributed by atoms with Crippen LogP contribution in [0.5, 0.6) is 5.75 Å². The molecule has 84 valence electrons. The number of hydrogen-bond donors (Lipinski definition) is 1. The van der Waals surface area contributed by atoms with E-state index in [1.807, 2.05) is 0 Å². The van der Waals surface area contributed by atoms with Gasteiger partial charge in [-0.15, -0.1) is 13.2 Å². The molecule has 0 saturated heterocycles. The minimum absolute atomic E-state index is 0.261. The van der Waals surface area contributed by atoms with Crippen LogP contribution in [-0.2, 0) is 0 Å². The Hall–Kier alpha value is -1.91. The summed E-state index contributed by atoms with van der Waals surface area (Å²) in [5.41, 5.74) is 5.89. The zero-order valence-electron chi connectivity index (χ0n) is 8.08. The van der Waals surface area contributed by atoms with E-state index in [9.17, 15) is 13.2 Å². The van der Waals surface area contributed by atoms with Crippen molar-refractivity contribution in [2.45, 2.75) is 6.36 Å². The Morgan fingerprint density at radius 3 is 2.25 bits per heavy atom. The molecule has 2 nitrogen and oxygen atoms in total. The van der Waals surface area contributed by atoms with Gasteiger partial charge in [0.15, 0.2) is 0 Å². The first kappa shape index (κ1) is 10.6. The largest absolute Gasteiger partial charge is 0.573 e. The van der Waals surface area contributed by atoms with Crippen molar-refractivity contribution in [1.82, 2.24) is 0 Å². The summed E-state index contributed by atoms with van der Waals surface area (Å²) < 4.78 is 40.3. The van der Waals surface area contributed by atoms with E-state index in [4.69, 9.17) is 5.73 Å². The van der Waals surface area contributed by atoms with Crippen LogP contribution in [0.1, 0.15) is 0 Å². The second-order valence-electron chi connectivity index (χ2n) is 3.25. The standard InChI is InChI=1S/C11H8F3NO/c12-11(13,14)16-9-6-2-4-7-3-1-5-8(15)10(7)9/h1-6H,15H2. The van der Waals surface area contributed by atoms with E-state index in [2.05, 4.69) is 4.74 Å². The highest BCUT2D eigenvalue weighted by atomic mass is 19.4. The fraction of sp³-hybridized carbons (Fsp3) is 0.0909. The Kier molecular flexibility index (Phi) is 2.38. The molecule has 0 aliphatic rings. The number of fused-ring (bicyclic) bond motifs is 1. The molecule has 0 fully saturated rings. The van der Waals surface area contributed by atoms with Crippen molar-refractivity contribution in [3.05, 3.63) is 36.4 Å². The molecule has 0 atom stereocenters. The lowest BCUT2D eigenvalue weighted by Gasteiger charge is -2.12. The van der Waals surface area contributed by atoms with E-state index >= 15 is 0 Å². The van der Waals surface area contributed by atoms with Gasteiger partial charge in [0.1, 0.15) is 5.75 Å². The molecule has 0 aliphatic carbocycles. The van der Waals surface area contributed by atoms with Crippen LogP contribution in [0.25, 0.3) is 10.8 Å². The molecule has 5 heteroatoms. The van der Waals surface area contributed by atoms with E-state index in [-0.39, 0.29) is 16.8 Å². The zero-order valence-corrected chi connectivity index (χ0v) is 8.08. The average molecular weight is 227 g/mol. The van der Waals surface area contributed by atoms with Gasteiger partial charge in [-0.2, -0.15) is 0 Å². The fourth-order valence-electron chi connectivity index (χ4n) is 1.54. The number of anilines is 1. The summed E-state index contributed by atoms with van der Waals surface area (Å²) in [6.45, 7) is 0. The normalized spacial score (nSPS) is 11.7. The Balaban J connectivity index is 2.61. The molecule has 16 heavy (non-hydrogen) atoms. The third-order valence-electron chi connectivity index (χ3n) is 2.12. The van der Waals surface area contributed by atoms with Crippen molar-refractivity contribution in [1.29, 1.82) is 0 Å². The Bertz CT molecular complexity index is 517. The summed E-state index contributed by atoms with van der Waals surface area (Å²) in [6, 6.07) is 9.29. The van der Waals surface area contributed by atoms with Crippen LogP contribution in [0.15, 0.2) is 36.4 Å². The van der Waals surface area contributed by atoms with Crippen LogP contribution < -0.4 is 10.5 Å². The van der Waals surface area contributed by atoms with Crippen molar-refractivity contribution >= 4 is 16.5 Å². The molecule has 2 aromatic rings. The maximum Gasteiger partial charge on any atom is 0.573 e. The van der Waals surface area contributed by atoms with Gasteiger partial charge in [0.25, 0.3) is 0 Å². The van der Waals surface area contributed by atoms with Gasteiger partial charge in [0, 0.05) is 11.1 Å². The van der Waals surface area contributed by atoms with Crippen molar-refractivity contribution in [2.24, 2.45) is 0 Å². The second-order valence-corrected chi connectivity index (χ2v) is 3.25. The quantitative estimate of drug-likeness (QED) is 0.758. The summed E-state index contributed by atoms with van der Waals surface area (Å²) in [7, 11) is 0. The maximum atomic E-state index is 12.1. The third kappa shape index (κ3) is 2.03. The lowest BCUT2D eigenvalue weighted by atomic mass is 10.1. The first-order valence-corrected chi connectivity index (χ1v) is 4.50. The van der Waals surface area contributed by atoms with Gasteiger partial charge in [0.05, 0.1) is 0 Å². The van der Waals surface area contributed by atoms with Crippen LogP contribution in [0.4, 0.5) is 18.9 Å². The molecule has 0 bridgehead atoms. The van der Waals surface area contributed by atoms with Crippen LogP contribution in [0, 0.1) is 0 Å². The highest BCUT2D eigenvalue weighted by Crippen LogP contribution is 2.33. The fourth-order valence-corrected chi connectivity index (χ4v) is 1.54. The molecule has 0 amide bonds. The zero-order chi connectivity index (χ0) is 11.8. The molecular weight excluding hydrogens is 219 g/mol. The second kappa shape index (κ2) is 3.59. The first-order valence-electron chi connectivity index (χ1n) is 4.50. The minimum Gasteiger partial charge on any atom is -0.405 e. The number of rotatable bonds is 1. The van der Waals surface area contributed by atoms with E-state index in [0.717, 1.165) is 0 Å². The monoisotopic (exact) mass is 227 g/mol. The molecule has 0 saturated carbocycles. The van der Waals surface area contributed by atoms with Gasteiger partial charge < -0.3 is 10.5 Å². The van der Waals surface area contributed by atoms with Crippen molar-refractivity contribution in [2.75, 3.05) is 5.73 Å². The molecule has 2 N–H and O–H groups in total. The predicted molar refractivity (Wildman–Crippen MR) is 55.0 cm³/mol. The number of ether oxygens (including phenoxy) is 1. The van der Waals surface area contributed by atoms with Gasteiger partial charge in [0.2, 0.25) is 0 Å². The van der Waals surface area contributed by atoms with Gasteiger partial charge in [-0.05, 0) is 17.5 Å². The maximum absolute atomic E-state index is 12.1. The first-order chi connectivity index (χ1) is 7.47. The van der Waals surface area contributed by atoms with Crippen molar-refractivity contribution < 1.29 is 17.9 Å². The molecule has 0 unspecified atom stereocenters. The lowest BCUT2D eigenvalue weighted by Crippen LogP contribution is -2.17. The highest BCUT2D eigenvalue weighted by Gasteiger charge is 2.31. The number of nitrogens with two attached hydrogens (primary N) is 1. The number of halogens is 3. The number of nitrogen functional groups attached to an aromatic ring is 1. The molecule has 0 aliphatic heterocycles. The number of hydrogen-bond acceptors (Lipinski definition) is 2.